The second-order valence-electron chi connectivity index (χ2n) is 7.22. The van der Waals surface area contributed by atoms with Gasteiger partial charge in [0.2, 0.25) is 11.9 Å². The number of benzene rings is 1. The standard InChI is InChI=1S/C20H25N5O/c26-19(23-24-20-21-10-4-11-22-20)17-9-12-25(14-17)13-16-7-3-6-15-5-1-2-8-18(15)16/h1-2,4-5,8,10-11,16-17H,3,6-7,9,12-14H2,(H,23,26)(H,21,22,24)/t16-,17+/m0/s1. The van der Waals surface area contributed by atoms with E-state index in [0.29, 0.717) is 11.9 Å². The van der Waals surface area contributed by atoms with Crippen LogP contribution in [0.25, 0.3) is 0 Å². The summed E-state index contributed by atoms with van der Waals surface area (Å²) in [5.41, 5.74) is 8.54. The summed E-state index contributed by atoms with van der Waals surface area (Å²) in [7, 11) is 0. The van der Waals surface area contributed by atoms with Gasteiger partial charge in [-0.05, 0) is 55.3 Å². The van der Waals surface area contributed by atoms with Crippen molar-refractivity contribution in [2.24, 2.45) is 5.92 Å². The van der Waals surface area contributed by atoms with Crippen LogP contribution >= 0.6 is 0 Å². The maximum atomic E-state index is 12.4. The van der Waals surface area contributed by atoms with Crippen LogP contribution in [0.3, 0.4) is 0 Å². The molecule has 1 aliphatic carbocycles. The van der Waals surface area contributed by atoms with Gasteiger partial charge in [0.05, 0.1) is 5.92 Å². The van der Waals surface area contributed by atoms with Gasteiger partial charge in [0, 0.05) is 25.5 Å². The lowest BCUT2D eigenvalue weighted by atomic mass is 9.82. The number of hydrogen-bond donors (Lipinski definition) is 2. The molecule has 2 aliphatic rings. The van der Waals surface area contributed by atoms with Crippen LogP contribution in [0.4, 0.5) is 5.95 Å². The number of carbonyl (C=O) groups excluding carboxylic acids is 1. The second-order valence-corrected chi connectivity index (χ2v) is 7.22. The number of likely N-dealkylation sites (tertiary alicyclic amines) is 1. The number of fused-ring (bicyclic) bond motifs is 1. The molecule has 0 unspecified atom stereocenters. The molecule has 6 heteroatoms. The van der Waals surface area contributed by atoms with Crippen LogP contribution in [-0.4, -0.2) is 40.4 Å². The van der Waals surface area contributed by atoms with Gasteiger partial charge in [-0.15, -0.1) is 0 Å². The minimum Gasteiger partial charge on any atom is -0.302 e. The SMILES string of the molecule is O=C(NNc1ncccn1)[C@@H]1CCN(C[C@@H]2CCCc3ccccc32)C1. The van der Waals surface area contributed by atoms with Crippen molar-refractivity contribution in [3.05, 3.63) is 53.9 Å². The summed E-state index contributed by atoms with van der Waals surface area (Å²) in [5.74, 6) is 1.04. The van der Waals surface area contributed by atoms with Crippen LogP contribution in [0.15, 0.2) is 42.7 Å². The van der Waals surface area contributed by atoms with Crippen LogP contribution in [0, 0.1) is 5.92 Å². The van der Waals surface area contributed by atoms with Gasteiger partial charge < -0.3 is 4.90 Å². The van der Waals surface area contributed by atoms with Crippen molar-refractivity contribution in [2.75, 3.05) is 25.1 Å². The van der Waals surface area contributed by atoms with Crippen LogP contribution in [0.2, 0.25) is 0 Å². The summed E-state index contributed by atoms with van der Waals surface area (Å²) in [6.07, 6.45) is 7.89. The van der Waals surface area contributed by atoms with Crippen molar-refractivity contribution in [1.82, 2.24) is 20.3 Å². The molecule has 2 atom stereocenters. The first-order valence-corrected chi connectivity index (χ1v) is 9.42. The third kappa shape index (κ3) is 3.85. The normalized spacial score (nSPS) is 22.6. The molecule has 1 aliphatic heterocycles. The number of aryl methyl sites for hydroxylation is 1. The minimum atomic E-state index is 0.0176. The molecule has 0 radical (unpaired) electrons. The Morgan fingerprint density at radius 1 is 1.15 bits per heavy atom. The number of aromatic nitrogens is 2. The van der Waals surface area contributed by atoms with Crippen molar-refractivity contribution in [2.45, 2.75) is 31.6 Å². The smallest absolute Gasteiger partial charge is 0.242 e. The summed E-state index contributed by atoms with van der Waals surface area (Å²) in [4.78, 5) is 22.9. The molecular formula is C20H25N5O. The van der Waals surface area contributed by atoms with E-state index in [-0.39, 0.29) is 11.8 Å². The van der Waals surface area contributed by atoms with Crippen molar-refractivity contribution in [1.29, 1.82) is 0 Å². The van der Waals surface area contributed by atoms with Crippen LogP contribution < -0.4 is 10.9 Å². The van der Waals surface area contributed by atoms with Crippen molar-refractivity contribution >= 4 is 11.9 Å². The molecule has 0 saturated carbocycles. The van der Waals surface area contributed by atoms with Crippen molar-refractivity contribution in [3.8, 4) is 0 Å². The molecule has 4 rings (SSSR count). The van der Waals surface area contributed by atoms with E-state index in [2.05, 4.69) is 50.0 Å². The van der Waals surface area contributed by atoms with Gasteiger partial charge >= 0.3 is 0 Å². The molecule has 2 heterocycles. The molecule has 0 bridgehead atoms. The second kappa shape index (κ2) is 7.83. The number of carbonyl (C=O) groups is 1. The van der Waals surface area contributed by atoms with E-state index < -0.39 is 0 Å². The molecule has 6 nitrogen and oxygen atoms in total. The minimum absolute atomic E-state index is 0.0176. The summed E-state index contributed by atoms with van der Waals surface area (Å²) in [5, 5.41) is 0. The third-order valence-electron chi connectivity index (χ3n) is 5.48. The van der Waals surface area contributed by atoms with E-state index in [0.717, 1.165) is 26.1 Å². The number of nitrogens with one attached hydrogen (secondary N) is 2. The lowest BCUT2D eigenvalue weighted by Gasteiger charge is -2.29. The molecule has 1 fully saturated rings. The van der Waals surface area contributed by atoms with Gasteiger partial charge in [-0.25, -0.2) is 9.97 Å². The number of anilines is 1. The topological polar surface area (TPSA) is 70.1 Å². The van der Waals surface area contributed by atoms with E-state index in [9.17, 15) is 4.79 Å². The van der Waals surface area contributed by atoms with E-state index in [1.54, 1.807) is 18.5 Å². The number of amides is 1. The first-order chi connectivity index (χ1) is 12.8. The maximum absolute atomic E-state index is 12.4. The molecular weight excluding hydrogens is 326 g/mol. The first kappa shape index (κ1) is 17.0. The molecule has 1 aromatic carbocycles. The summed E-state index contributed by atoms with van der Waals surface area (Å²) < 4.78 is 0. The zero-order valence-corrected chi connectivity index (χ0v) is 14.9. The summed E-state index contributed by atoms with van der Waals surface area (Å²) in [6.45, 7) is 2.86. The van der Waals surface area contributed by atoms with E-state index in [1.165, 1.54) is 30.4 Å². The summed E-state index contributed by atoms with van der Waals surface area (Å²) in [6, 6.07) is 10.6. The van der Waals surface area contributed by atoms with E-state index in [4.69, 9.17) is 0 Å². The fourth-order valence-electron chi connectivity index (χ4n) is 4.15. The Labute approximate surface area is 154 Å². The maximum Gasteiger partial charge on any atom is 0.242 e. The Morgan fingerprint density at radius 3 is 2.88 bits per heavy atom. The van der Waals surface area contributed by atoms with Gasteiger partial charge in [0.15, 0.2) is 0 Å². The van der Waals surface area contributed by atoms with Crippen molar-refractivity contribution < 1.29 is 4.79 Å². The fraction of sp³-hybridized carbons (Fsp3) is 0.450. The average Bonchev–Trinajstić information content (AvgIpc) is 3.16. The van der Waals surface area contributed by atoms with Gasteiger partial charge in [-0.2, -0.15) is 0 Å². The number of nitrogens with zero attached hydrogens (tertiary/aromatic N) is 3. The molecule has 1 amide bonds. The van der Waals surface area contributed by atoms with Gasteiger partial charge in [-0.3, -0.25) is 15.6 Å². The molecule has 0 spiro atoms. The monoisotopic (exact) mass is 351 g/mol. The summed E-state index contributed by atoms with van der Waals surface area (Å²) >= 11 is 0. The Balaban J connectivity index is 1.29. The van der Waals surface area contributed by atoms with Gasteiger partial charge in [-0.1, -0.05) is 24.3 Å². The number of hydrogen-bond acceptors (Lipinski definition) is 5. The van der Waals surface area contributed by atoms with Gasteiger partial charge in [0.1, 0.15) is 0 Å². The first-order valence-electron chi connectivity index (χ1n) is 9.42. The van der Waals surface area contributed by atoms with E-state index >= 15 is 0 Å². The molecule has 1 aromatic heterocycles. The molecule has 2 aromatic rings. The molecule has 136 valence electrons. The van der Waals surface area contributed by atoms with Crippen LogP contribution in [0.1, 0.15) is 36.3 Å². The molecule has 26 heavy (non-hydrogen) atoms. The highest BCUT2D eigenvalue weighted by molar-refractivity contribution is 5.80. The Bertz CT molecular complexity index is 751. The predicted molar refractivity (Wildman–Crippen MR) is 100 cm³/mol. The predicted octanol–water partition coefficient (Wildman–Crippen LogP) is 2.36. The number of hydrazine groups is 1. The Morgan fingerprint density at radius 2 is 2.00 bits per heavy atom. The van der Waals surface area contributed by atoms with Crippen LogP contribution in [-0.2, 0) is 11.2 Å². The quantitative estimate of drug-likeness (QED) is 0.810. The zero-order chi connectivity index (χ0) is 17.8. The highest BCUT2D eigenvalue weighted by atomic mass is 16.2. The van der Waals surface area contributed by atoms with E-state index in [1.807, 2.05) is 0 Å². The zero-order valence-electron chi connectivity index (χ0n) is 14.9. The highest BCUT2D eigenvalue weighted by Crippen LogP contribution is 2.33. The Kier molecular flexibility index (Phi) is 5.11. The highest BCUT2D eigenvalue weighted by Gasteiger charge is 2.31. The molecule has 1 saturated heterocycles. The third-order valence-corrected chi connectivity index (χ3v) is 5.48. The lowest BCUT2D eigenvalue weighted by molar-refractivity contribution is -0.124. The van der Waals surface area contributed by atoms with Gasteiger partial charge in [0.25, 0.3) is 0 Å². The lowest BCUT2D eigenvalue weighted by Crippen LogP contribution is -2.37. The Hall–Kier alpha value is -2.47. The van der Waals surface area contributed by atoms with Crippen LogP contribution in [0.5, 0.6) is 0 Å². The average molecular weight is 351 g/mol. The largest absolute Gasteiger partial charge is 0.302 e. The fourth-order valence-corrected chi connectivity index (χ4v) is 4.15. The van der Waals surface area contributed by atoms with Crippen molar-refractivity contribution in [3.63, 3.8) is 0 Å². The number of rotatable bonds is 5. The molecule has 2 N–H and O–H groups in total.